The van der Waals surface area contributed by atoms with Crippen molar-refractivity contribution in [3.8, 4) is 0 Å². The molecule has 1 saturated heterocycles. The normalized spacial score (nSPS) is 15.1. The number of ether oxygens (including phenoxy) is 1. The third kappa shape index (κ3) is 5.16. The first-order valence-electron chi connectivity index (χ1n) is 7.87. The molecule has 1 aromatic carbocycles. The van der Waals surface area contributed by atoms with Crippen LogP contribution in [0.15, 0.2) is 17.7 Å². The summed E-state index contributed by atoms with van der Waals surface area (Å²) in [4.78, 5) is 23.6. The van der Waals surface area contributed by atoms with E-state index in [1.165, 1.54) is 0 Å². The molecule has 0 unspecified atom stereocenters. The summed E-state index contributed by atoms with van der Waals surface area (Å²) in [5, 5.41) is 10.8. The molecular weight excluding hydrogens is 351 g/mol. The zero-order valence-corrected chi connectivity index (χ0v) is 15.1. The van der Waals surface area contributed by atoms with Crippen molar-refractivity contribution in [3.63, 3.8) is 0 Å². The molecule has 1 aliphatic rings. The number of amides is 1. The first-order valence-corrected chi connectivity index (χ1v) is 8.25. The van der Waals surface area contributed by atoms with E-state index >= 15 is 0 Å². The third-order valence-corrected chi connectivity index (χ3v) is 4.01. The molecule has 1 aliphatic heterocycles. The van der Waals surface area contributed by atoms with Crippen molar-refractivity contribution in [2.45, 2.75) is 39.2 Å². The Morgan fingerprint density at radius 2 is 1.96 bits per heavy atom. The van der Waals surface area contributed by atoms with Crippen LogP contribution in [0.2, 0.25) is 5.02 Å². The SMILES string of the molecule is CC(C)(C)OC(=O)N1CCC(=Cc2cc(F)c([N+](=O)[O-])cc2Cl)CC1. The van der Waals surface area contributed by atoms with Gasteiger partial charge in [-0.1, -0.05) is 23.3 Å². The van der Waals surface area contributed by atoms with Gasteiger partial charge in [0.05, 0.1) is 9.95 Å². The summed E-state index contributed by atoms with van der Waals surface area (Å²) in [6.45, 7) is 6.42. The van der Waals surface area contributed by atoms with Crippen molar-refractivity contribution in [2.24, 2.45) is 0 Å². The van der Waals surface area contributed by atoms with Crippen molar-refractivity contribution in [1.82, 2.24) is 4.90 Å². The predicted molar refractivity (Wildman–Crippen MR) is 93.1 cm³/mol. The zero-order valence-electron chi connectivity index (χ0n) is 14.3. The highest BCUT2D eigenvalue weighted by molar-refractivity contribution is 6.32. The van der Waals surface area contributed by atoms with Crippen LogP contribution in [0.5, 0.6) is 0 Å². The van der Waals surface area contributed by atoms with Crippen LogP contribution in [0.4, 0.5) is 14.9 Å². The summed E-state index contributed by atoms with van der Waals surface area (Å²) in [7, 11) is 0. The van der Waals surface area contributed by atoms with Crippen LogP contribution in [0.1, 0.15) is 39.2 Å². The molecule has 0 radical (unpaired) electrons. The van der Waals surface area contributed by atoms with Crippen molar-refractivity contribution in [3.05, 3.63) is 44.2 Å². The summed E-state index contributed by atoms with van der Waals surface area (Å²) in [5.41, 5.74) is 0.198. The van der Waals surface area contributed by atoms with Gasteiger partial charge in [-0.15, -0.1) is 0 Å². The monoisotopic (exact) mass is 370 g/mol. The Morgan fingerprint density at radius 3 is 2.48 bits per heavy atom. The van der Waals surface area contributed by atoms with Gasteiger partial charge in [0, 0.05) is 19.2 Å². The second kappa shape index (κ2) is 7.39. The molecule has 0 N–H and O–H groups in total. The van der Waals surface area contributed by atoms with Gasteiger partial charge in [-0.05, 0) is 45.2 Å². The lowest BCUT2D eigenvalue weighted by atomic mass is 10.0. The molecular formula is C17H20ClFN2O4. The number of benzene rings is 1. The number of hydrogen-bond acceptors (Lipinski definition) is 4. The number of rotatable bonds is 2. The lowest BCUT2D eigenvalue weighted by Gasteiger charge is -2.31. The van der Waals surface area contributed by atoms with Gasteiger partial charge in [0.25, 0.3) is 0 Å². The molecule has 1 heterocycles. The van der Waals surface area contributed by atoms with Crippen molar-refractivity contribution >= 4 is 29.5 Å². The van der Waals surface area contributed by atoms with Gasteiger partial charge in [0.15, 0.2) is 0 Å². The summed E-state index contributed by atoms with van der Waals surface area (Å²) >= 11 is 6.02. The van der Waals surface area contributed by atoms with Gasteiger partial charge in [-0.25, -0.2) is 4.79 Å². The van der Waals surface area contributed by atoms with Gasteiger partial charge in [0.1, 0.15) is 5.60 Å². The van der Waals surface area contributed by atoms with E-state index in [2.05, 4.69) is 0 Å². The van der Waals surface area contributed by atoms with Crippen LogP contribution < -0.4 is 0 Å². The largest absolute Gasteiger partial charge is 0.444 e. The molecule has 6 nitrogen and oxygen atoms in total. The van der Waals surface area contributed by atoms with Crippen LogP contribution >= 0.6 is 11.6 Å². The molecule has 0 saturated carbocycles. The fourth-order valence-corrected chi connectivity index (χ4v) is 2.68. The van der Waals surface area contributed by atoms with Crippen LogP contribution in [0.25, 0.3) is 6.08 Å². The topological polar surface area (TPSA) is 72.7 Å². The molecule has 1 aromatic rings. The average Bonchev–Trinajstić information content (AvgIpc) is 2.49. The Labute approximate surface area is 150 Å². The van der Waals surface area contributed by atoms with E-state index in [1.54, 1.807) is 11.0 Å². The number of nitro groups is 1. The first-order chi connectivity index (χ1) is 11.6. The Kier molecular flexibility index (Phi) is 5.67. The van der Waals surface area contributed by atoms with Crippen LogP contribution in [-0.4, -0.2) is 34.6 Å². The van der Waals surface area contributed by atoms with Crippen molar-refractivity contribution < 1.29 is 18.8 Å². The van der Waals surface area contributed by atoms with Gasteiger partial charge >= 0.3 is 11.8 Å². The van der Waals surface area contributed by atoms with Crippen molar-refractivity contribution in [1.29, 1.82) is 0 Å². The number of hydrogen-bond donors (Lipinski definition) is 0. The molecule has 0 aliphatic carbocycles. The number of halogens is 2. The van der Waals surface area contributed by atoms with Gasteiger partial charge in [-0.2, -0.15) is 4.39 Å². The average molecular weight is 371 g/mol. The van der Waals surface area contributed by atoms with Gasteiger partial charge in [-0.3, -0.25) is 10.1 Å². The molecule has 2 rings (SSSR count). The van der Waals surface area contributed by atoms with Crippen molar-refractivity contribution in [2.75, 3.05) is 13.1 Å². The molecule has 0 atom stereocenters. The van der Waals surface area contributed by atoms with Gasteiger partial charge in [0.2, 0.25) is 5.82 Å². The van der Waals surface area contributed by atoms with Crippen LogP contribution in [-0.2, 0) is 4.74 Å². The van der Waals surface area contributed by atoms with E-state index in [4.69, 9.17) is 16.3 Å². The lowest BCUT2D eigenvalue weighted by Crippen LogP contribution is -2.40. The Hall–Kier alpha value is -2.15. The summed E-state index contributed by atoms with van der Waals surface area (Å²) in [6.07, 6.45) is 2.58. The number of nitro benzene ring substituents is 1. The van der Waals surface area contributed by atoms with E-state index < -0.39 is 22.0 Å². The number of carbonyl (C=O) groups is 1. The fourth-order valence-electron chi connectivity index (χ4n) is 2.47. The van der Waals surface area contributed by atoms with Crippen LogP contribution in [0.3, 0.4) is 0 Å². The minimum Gasteiger partial charge on any atom is -0.444 e. The highest BCUT2D eigenvalue weighted by Gasteiger charge is 2.25. The third-order valence-electron chi connectivity index (χ3n) is 3.68. The first kappa shape index (κ1) is 19.2. The number of piperidine rings is 1. The maximum absolute atomic E-state index is 13.8. The molecule has 1 amide bonds. The van der Waals surface area contributed by atoms with E-state index in [-0.39, 0.29) is 11.1 Å². The Balaban J connectivity index is 2.07. The highest BCUT2D eigenvalue weighted by atomic mass is 35.5. The maximum atomic E-state index is 13.8. The molecule has 0 bridgehead atoms. The fraction of sp³-hybridized carbons (Fsp3) is 0.471. The Bertz CT molecular complexity index is 718. The molecule has 0 spiro atoms. The van der Waals surface area contributed by atoms with E-state index in [1.807, 2.05) is 20.8 Å². The number of nitrogens with zero attached hydrogens (tertiary/aromatic N) is 2. The van der Waals surface area contributed by atoms with Gasteiger partial charge < -0.3 is 9.64 Å². The smallest absolute Gasteiger partial charge is 0.410 e. The maximum Gasteiger partial charge on any atom is 0.410 e. The summed E-state index contributed by atoms with van der Waals surface area (Å²) in [6, 6.07) is 2.08. The minimum atomic E-state index is -0.924. The molecule has 0 aromatic heterocycles. The highest BCUT2D eigenvalue weighted by Crippen LogP contribution is 2.29. The van der Waals surface area contributed by atoms with Crippen LogP contribution in [0, 0.1) is 15.9 Å². The second-order valence-corrected chi connectivity index (χ2v) is 7.26. The molecule has 136 valence electrons. The lowest BCUT2D eigenvalue weighted by molar-refractivity contribution is -0.387. The standard InChI is InChI=1S/C17H20ClFN2O4/c1-17(2,3)25-16(22)20-6-4-11(5-7-20)8-12-9-14(19)15(21(23)24)10-13(12)18/h8-10H,4-7H2,1-3H3. The summed E-state index contributed by atoms with van der Waals surface area (Å²) in [5.74, 6) is -0.924. The minimum absolute atomic E-state index is 0.121. The number of likely N-dealkylation sites (tertiary alicyclic amines) is 1. The van der Waals surface area contributed by atoms with E-state index in [9.17, 15) is 19.3 Å². The second-order valence-electron chi connectivity index (χ2n) is 6.85. The predicted octanol–water partition coefficient (Wildman–Crippen LogP) is 4.80. The molecule has 1 fully saturated rings. The molecule has 8 heteroatoms. The van der Waals surface area contributed by atoms with E-state index in [0.29, 0.717) is 31.5 Å². The Morgan fingerprint density at radius 1 is 1.36 bits per heavy atom. The number of carbonyl (C=O) groups excluding carboxylic acids is 1. The zero-order chi connectivity index (χ0) is 18.8. The van der Waals surface area contributed by atoms with E-state index in [0.717, 1.165) is 17.7 Å². The quantitative estimate of drug-likeness (QED) is 0.553. The molecule has 25 heavy (non-hydrogen) atoms. The summed E-state index contributed by atoms with van der Waals surface area (Å²) < 4.78 is 19.1.